The van der Waals surface area contributed by atoms with Crippen molar-refractivity contribution >= 4 is 21.8 Å². The fraction of sp³-hybridized carbons (Fsp3) is 0.875. The number of aliphatic hydroxyl groups excluding tert-OH is 1. The van der Waals surface area contributed by atoms with Crippen molar-refractivity contribution in [3.8, 4) is 0 Å². The van der Waals surface area contributed by atoms with Crippen LogP contribution in [-0.2, 0) is 4.79 Å². The molecule has 0 aliphatic carbocycles. The summed E-state index contributed by atoms with van der Waals surface area (Å²) in [6.45, 7) is 2.71. The highest BCUT2D eigenvalue weighted by Gasteiger charge is 2.31. The molecule has 0 aromatic carbocycles. The Bertz CT molecular complexity index is 174. The molecule has 1 aliphatic rings. The SMILES string of the molecule is C[C@@H](CO)N1CC(CBr)CC1=O. The van der Waals surface area contributed by atoms with Crippen LogP contribution in [0.4, 0.5) is 0 Å². The number of halogens is 1. The summed E-state index contributed by atoms with van der Waals surface area (Å²) in [5.41, 5.74) is 0. The second-order valence-electron chi connectivity index (χ2n) is 3.30. The zero-order chi connectivity index (χ0) is 9.14. The molecular formula is C8H14BrNO2. The second-order valence-corrected chi connectivity index (χ2v) is 3.95. The van der Waals surface area contributed by atoms with Crippen LogP contribution in [0.15, 0.2) is 0 Å². The number of carbonyl (C=O) groups excluding carboxylic acids is 1. The monoisotopic (exact) mass is 235 g/mol. The Balaban J connectivity index is 2.51. The average molecular weight is 236 g/mol. The Labute approximate surface area is 80.9 Å². The van der Waals surface area contributed by atoms with Crippen LogP contribution in [-0.4, -0.2) is 40.4 Å². The van der Waals surface area contributed by atoms with E-state index in [1.165, 1.54) is 0 Å². The Morgan fingerprint density at radius 1 is 1.83 bits per heavy atom. The Hall–Kier alpha value is -0.0900. The number of carbonyl (C=O) groups is 1. The molecule has 3 nitrogen and oxygen atoms in total. The molecule has 0 spiro atoms. The molecule has 1 aliphatic heterocycles. The molecule has 4 heteroatoms. The fourth-order valence-electron chi connectivity index (χ4n) is 1.44. The number of amides is 1. The lowest BCUT2D eigenvalue weighted by atomic mass is 10.2. The molecule has 1 rings (SSSR count). The molecule has 1 N–H and O–H groups in total. The van der Waals surface area contributed by atoms with Crippen LogP contribution < -0.4 is 0 Å². The molecule has 0 saturated carbocycles. The number of likely N-dealkylation sites (tertiary alicyclic amines) is 1. The normalized spacial score (nSPS) is 26.4. The smallest absolute Gasteiger partial charge is 0.223 e. The number of rotatable bonds is 3. The molecular weight excluding hydrogens is 222 g/mol. The topological polar surface area (TPSA) is 40.5 Å². The molecule has 70 valence electrons. The number of hydrogen-bond acceptors (Lipinski definition) is 2. The van der Waals surface area contributed by atoms with Gasteiger partial charge in [0.25, 0.3) is 0 Å². The van der Waals surface area contributed by atoms with Gasteiger partial charge in [-0.15, -0.1) is 0 Å². The summed E-state index contributed by atoms with van der Waals surface area (Å²) in [5.74, 6) is 0.590. The minimum Gasteiger partial charge on any atom is -0.394 e. The van der Waals surface area contributed by atoms with Crippen LogP contribution in [0.25, 0.3) is 0 Å². The summed E-state index contributed by atoms with van der Waals surface area (Å²) >= 11 is 3.36. The van der Waals surface area contributed by atoms with Gasteiger partial charge in [-0.25, -0.2) is 0 Å². The molecule has 1 fully saturated rings. The molecule has 2 atom stereocenters. The van der Waals surface area contributed by atoms with Gasteiger partial charge in [0.2, 0.25) is 5.91 Å². The van der Waals surface area contributed by atoms with Crippen molar-refractivity contribution in [1.82, 2.24) is 4.90 Å². The summed E-state index contributed by atoms with van der Waals surface area (Å²) in [6, 6.07) is -0.0263. The lowest BCUT2D eigenvalue weighted by molar-refractivity contribution is -0.130. The fourth-order valence-corrected chi connectivity index (χ4v) is 1.87. The second kappa shape index (κ2) is 4.23. The van der Waals surface area contributed by atoms with Crippen LogP contribution in [0.3, 0.4) is 0 Å². The molecule has 1 heterocycles. The van der Waals surface area contributed by atoms with Gasteiger partial charge in [-0.05, 0) is 12.8 Å². The van der Waals surface area contributed by atoms with Crippen molar-refractivity contribution in [2.24, 2.45) is 5.92 Å². The van der Waals surface area contributed by atoms with E-state index < -0.39 is 0 Å². The van der Waals surface area contributed by atoms with Gasteiger partial charge in [0, 0.05) is 18.3 Å². The summed E-state index contributed by atoms with van der Waals surface area (Å²) < 4.78 is 0. The predicted molar refractivity (Wildman–Crippen MR) is 50.2 cm³/mol. The van der Waals surface area contributed by atoms with Crippen molar-refractivity contribution in [1.29, 1.82) is 0 Å². The quantitative estimate of drug-likeness (QED) is 0.729. The molecule has 12 heavy (non-hydrogen) atoms. The van der Waals surface area contributed by atoms with Gasteiger partial charge in [-0.3, -0.25) is 4.79 Å². The maximum atomic E-state index is 11.3. The molecule has 1 amide bonds. The van der Waals surface area contributed by atoms with Crippen LogP contribution in [0.5, 0.6) is 0 Å². The molecule has 0 bridgehead atoms. The van der Waals surface area contributed by atoms with E-state index in [0.29, 0.717) is 12.3 Å². The van der Waals surface area contributed by atoms with Gasteiger partial charge >= 0.3 is 0 Å². The summed E-state index contributed by atoms with van der Waals surface area (Å²) in [7, 11) is 0. The molecule has 0 radical (unpaired) electrons. The van der Waals surface area contributed by atoms with E-state index in [-0.39, 0.29) is 18.6 Å². The lowest BCUT2D eigenvalue weighted by Gasteiger charge is -2.22. The Morgan fingerprint density at radius 2 is 2.50 bits per heavy atom. The van der Waals surface area contributed by atoms with Crippen LogP contribution in [0, 0.1) is 5.92 Å². The van der Waals surface area contributed by atoms with E-state index in [4.69, 9.17) is 5.11 Å². The van der Waals surface area contributed by atoms with E-state index in [1.807, 2.05) is 6.92 Å². The maximum Gasteiger partial charge on any atom is 0.223 e. The largest absolute Gasteiger partial charge is 0.394 e. The summed E-state index contributed by atoms with van der Waals surface area (Å²) in [4.78, 5) is 13.1. The zero-order valence-electron chi connectivity index (χ0n) is 7.16. The van der Waals surface area contributed by atoms with Gasteiger partial charge in [-0.1, -0.05) is 15.9 Å². The summed E-state index contributed by atoms with van der Waals surface area (Å²) in [6.07, 6.45) is 0.621. The Kier molecular flexibility index (Phi) is 3.53. The number of hydrogen-bond donors (Lipinski definition) is 1. The van der Waals surface area contributed by atoms with Gasteiger partial charge in [0.15, 0.2) is 0 Å². The van der Waals surface area contributed by atoms with Gasteiger partial charge in [0.1, 0.15) is 0 Å². The highest BCUT2D eigenvalue weighted by Crippen LogP contribution is 2.21. The predicted octanol–water partition coefficient (Wildman–Crippen LogP) is 0.611. The molecule has 0 aromatic heterocycles. The van der Waals surface area contributed by atoms with E-state index in [0.717, 1.165) is 11.9 Å². The van der Waals surface area contributed by atoms with Gasteiger partial charge in [0.05, 0.1) is 12.6 Å². The van der Waals surface area contributed by atoms with Crippen molar-refractivity contribution in [3.05, 3.63) is 0 Å². The zero-order valence-corrected chi connectivity index (χ0v) is 8.75. The van der Waals surface area contributed by atoms with Crippen LogP contribution >= 0.6 is 15.9 Å². The van der Waals surface area contributed by atoms with Gasteiger partial charge < -0.3 is 10.0 Å². The molecule has 1 saturated heterocycles. The minimum atomic E-state index is -0.0263. The lowest BCUT2D eigenvalue weighted by Crippen LogP contribution is -2.36. The number of nitrogens with zero attached hydrogens (tertiary/aromatic N) is 1. The third kappa shape index (κ3) is 1.98. The van der Waals surface area contributed by atoms with Crippen molar-refractivity contribution in [2.75, 3.05) is 18.5 Å². The average Bonchev–Trinajstić information content (AvgIpc) is 2.45. The van der Waals surface area contributed by atoms with Crippen molar-refractivity contribution < 1.29 is 9.90 Å². The Morgan fingerprint density at radius 3 is 2.92 bits per heavy atom. The van der Waals surface area contributed by atoms with Crippen molar-refractivity contribution in [2.45, 2.75) is 19.4 Å². The first kappa shape index (κ1) is 9.99. The van der Waals surface area contributed by atoms with E-state index in [2.05, 4.69) is 15.9 Å². The van der Waals surface area contributed by atoms with Gasteiger partial charge in [-0.2, -0.15) is 0 Å². The number of alkyl halides is 1. The standard InChI is InChI=1S/C8H14BrNO2/c1-6(5-11)10-4-7(3-9)2-8(10)12/h6-7,11H,2-5H2,1H3/t6-,7?/m0/s1. The number of aliphatic hydroxyl groups is 1. The third-order valence-electron chi connectivity index (χ3n) is 2.25. The highest BCUT2D eigenvalue weighted by atomic mass is 79.9. The first-order valence-electron chi connectivity index (χ1n) is 4.15. The minimum absolute atomic E-state index is 0.0263. The first-order chi connectivity index (χ1) is 5.69. The highest BCUT2D eigenvalue weighted by molar-refractivity contribution is 9.09. The molecule has 1 unspecified atom stereocenters. The van der Waals surface area contributed by atoms with Crippen molar-refractivity contribution in [3.63, 3.8) is 0 Å². The summed E-state index contributed by atoms with van der Waals surface area (Å²) in [5, 5.41) is 9.73. The maximum absolute atomic E-state index is 11.3. The van der Waals surface area contributed by atoms with E-state index in [1.54, 1.807) is 4.90 Å². The molecule has 0 aromatic rings. The first-order valence-corrected chi connectivity index (χ1v) is 5.27. The van der Waals surface area contributed by atoms with Crippen LogP contribution in [0.2, 0.25) is 0 Å². The van der Waals surface area contributed by atoms with Crippen LogP contribution in [0.1, 0.15) is 13.3 Å². The van der Waals surface area contributed by atoms with E-state index >= 15 is 0 Å². The third-order valence-corrected chi connectivity index (χ3v) is 3.17. The van der Waals surface area contributed by atoms with E-state index in [9.17, 15) is 4.79 Å².